The SMILES string of the molecule is CC(C)c1csc(NS(=O)(=O)c2cc(C(=O)O)n(C)c2)n1. The average Bonchev–Trinajstić information content (AvgIpc) is 2.95. The molecule has 0 aliphatic heterocycles. The summed E-state index contributed by atoms with van der Waals surface area (Å²) in [5.41, 5.74) is 0.703. The van der Waals surface area contributed by atoms with Crippen LogP contribution in [0.3, 0.4) is 0 Å². The molecule has 2 aromatic rings. The fraction of sp³-hybridized carbons (Fsp3) is 0.333. The van der Waals surface area contributed by atoms with Gasteiger partial charge >= 0.3 is 5.97 Å². The molecule has 0 fully saturated rings. The van der Waals surface area contributed by atoms with Crippen LogP contribution in [0.1, 0.15) is 35.9 Å². The number of aryl methyl sites for hydroxylation is 1. The van der Waals surface area contributed by atoms with Crippen molar-refractivity contribution in [2.45, 2.75) is 24.7 Å². The van der Waals surface area contributed by atoms with Crippen LogP contribution in [-0.4, -0.2) is 29.0 Å². The molecule has 114 valence electrons. The van der Waals surface area contributed by atoms with Crippen molar-refractivity contribution in [2.75, 3.05) is 4.72 Å². The van der Waals surface area contributed by atoms with Gasteiger partial charge in [-0.2, -0.15) is 0 Å². The van der Waals surface area contributed by atoms with Gasteiger partial charge < -0.3 is 9.67 Å². The maximum absolute atomic E-state index is 12.2. The van der Waals surface area contributed by atoms with Crippen LogP contribution in [-0.2, 0) is 17.1 Å². The van der Waals surface area contributed by atoms with E-state index in [0.29, 0.717) is 0 Å². The van der Waals surface area contributed by atoms with E-state index in [2.05, 4.69) is 9.71 Å². The molecule has 2 aromatic heterocycles. The summed E-state index contributed by atoms with van der Waals surface area (Å²) in [5, 5.41) is 11.0. The fourth-order valence-corrected chi connectivity index (χ4v) is 3.86. The van der Waals surface area contributed by atoms with E-state index in [1.807, 2.05) is 13.8 Å². The molecule has 9 heteroatoms. The first-order valence-corrected chi connectivity index (χ1v) is 8.45. The van der Waals surface area contributed by atoms with E-state index in [1.165, 1.54) is 29.1 Å². The molecule has 0 saturated carbocycles. The van der Waals surface area contributed by atoms with E-state index in [4.69, 9.17) is 5.11 Å². The fourth-order valence-electron chi connectivity index (χ4n) is 1.67. The Morgan fingerprint density at radius 2 is 2.14 bits per heavy atom. The zero-order chi connectivity index (χ0) is 15.8. The highest BCUT2D eigenvalue weighted by atomic mass is 32.2. The van der Waals surface area contributed by atoms with Crippen LogP contribution >= 0.6 is 11.3 Å². The maximum Gasteiger partial charge on any atom is 0.352 e. The zero-order valence-electron chi connectivity index (χ0n) is 11.7. The number of nitrogens with one attached hydrogen (secondary N) is 1. The highest BCUT2D eigenvalue weighted by molar-refractivity contribution is 7.93. The second-order valence-electron chi connectivity index (χ2n) is 4.81. The number of aromatic nitrogens is 2. The van der Waals surface area contributed by atoms with Crippen molar-refractivity contribution >= 4 is 32.5 Å². The van der Waals surface area contributed by atoms with Crippen molar-refractivity contribution in [3.63, 3.8) is 0 Å². The summed E-state index contributed by atoms with van der Waals surface area (Å²) in [5.74, 6) is -0.981. The molecule has 0 atom stereocenters. The second-order valence-corrected chi connectivity index (χ2v) is 7.36. The molecule has 0 saturated heterocycles. The number of hydrogen-bond acceptors (Lipinski definition) is 5. The standard InChI is InChI=1S/C12H15N3O4S2/c1-7(2)9-6-20-12(13-9)14-21(18,19)8-4-10(11(16)17)15(3)5-8/h4-7H,1-3H3,(H,13,14)(H,16,17). The van der Waals surface area contributed by atoms with Crippen molar-refractivity contribution in [1.82, 2.24) is 9.55 Å². The van der Waals surface area contributed by atoms with Crippen molar-refractivity contribution in [3.05, 3.63) is 29.0 Å². The minimum Gasteiger partial charge on any atom is -0.477 e. The monoisotopic (exact) mass is 329 g/mol. The van der Waals surface area contributed by atoms with Crippen LogP contribution in [0.15, 0.2) is 22.5 Å². The molecule has 0 spiro atoms. The highest BCUT2D eigenvalue weighted by Gasteiger charge is 2.21. The first-order valence-electron chi connectivity index (χ1n) is 6.08. The molecular formula is C12H15N3O4S2. The number of thiazole rings is 1. The third kappa shape index (κ3) is 3.24. The van der Waals surface area contributed by atoms with Gasteiger partial charge in [0, 0.05) is 18.6 Å². The Bertz CT molecular complexity index is 774. The predicted molar refractivity (Wildman–Crippen MR) is 79.4 cm³/mol. The summed E-state index contributed by atoms with van der Waals surface area (Å²) in [4.78, 5) is 15.0. The summed E-state index contributed by atoms with van der Waals surface area (Å²) in [6, 6.07) is 1.11. The number of hydrogen-bond donors (Lipinski definition) is 2. The van der Waals surface area contributed by atoms with Crippen molar-refractivity contribution in [3.8, 4) is 0 Å². The molecule has 0 bridgehead atoms. The Morgan fingerprint density at radius 3 is 2.62 bits per heavy atom. The summed E-state index contributed by atoms with van der Waals surface area (Å²) < 4.78 is 28.0. The number of carbonyl (C=O) groups is 1. The second kappa shape index (κ2) is 5.49. The van der Waals surface area contributed by atoms with Gasteiger partial charge in [0.05, 0.1) is 5.69 Å². The van der Waals surface area contributed by atoms with Gasteiger partial charge in [0.15, 0.2) is 5.13 Å². The third-order valence-corrected chi connectivity index (χ3v) is 5.06. The van der Waals surface area contributed by atoms with Crippen LogP contribution in [0.2, 0.25) is 0 Å². The molecule has 0 amide bonds. The van der Waals surface area contributed by atoms with Gasteiger partial charge in [0.2, 0.25) is 0 Å². The van der Waals surface area contributed by atoms with E-state index in [-0.39, 0.29) is 21.6 Å². The molecule has 0 unspecified atom stereocenters. The Balaban J connectivity index is 2.29. The predicted octanol–water partition coefficient (Wildman–Crippen LogP) is 2.10. The van der Waals surface area contributed by atoms with E-state index < -0.39 is 16.0 Å². The molecule has 0 radical (unpaired) electrons. The highest BCUT2D eigenvalue weighted by Crippen LogP contribution is 2.24. The van der Waals surface area contributed by atoms with Crippen LogP contribution in [0.4, 0.5) is 5.13 Å². The number of sulfonamides is 1. The largest absolute Gasteiger partial charge is 0.477 e. The Morgan fingerprint density at radius 1 is 1.48 bits per heavy atom. The van der Waals surface area contributed by atoms with Crippen LogP contribution in [0.5, 0.6) is 0 Å². The Labute approximate surface area is 126 Å². The van der Waals surface area contributed by atoms with Crippen molar-refractivity contribution in [2.24, 2.45) is 7.05 Å². The summed E-state index contributed by atoms with van der Waals surface area (Å²) in [6.45, 7) is 3.92. The molecule has 2 N–H and O–H groups in total. The number of aromatic carboxylic acids is 1. The maximum atomic E-state index is 12.2. The molecule has 0 aliphatic rings. The lowest BCUT2D eigenvalue weighted by atomic mass is 10.2. The summed E-state index contributed by atoms with van der Waals surface area (Å²) in [7, 11) is -2.37. The van der Waals surface area contributed by atoms with Gasteiger partial charge in [0.1, 0.15) is 10.6 Å². The average molecular weight is 329 g/mol. The number of rotatable bonds is 5. The first-order chi connectivity index (χ1) is 9.70. The lowest BCUT2D eigenvalue weighted by Crippen LogP contribution is -2.12. The van der Waals surface area contributed by atoms with E-state index in [0.717, 1.165) is 11.8 Å². The van der Waals surface area contributed by atoms with Crippen molar-refractivity contribution < 1.29 is 18.3 Å². The molecule has 2 heterocycles. The van der Waals surface area contributed by atoms with Gasteiger partial charge in [-0.1, -0.05) is 13.8 Å². The first kappa shape index (κ1) is 15.5. The van der Waals surface area contributed by atoms with Gasteiger partial charge in [0.25, 0.3) is 10.0 Å². The third-order valence-electron chi connectivity index (χ3n) is 2.84. The van der Waals surface area contributed by atoms with Crippen LogP contribution in [0, 0.1) is 0 Å². The molecule has 0 aromatic carbocycles. The molecular weight excluding hydrogens is 314 g/mol. The Kier molecular flexibility index (Phi) is 4.06. The van der Waals surface area contributed by atoms with Gasteiger partial charge in [-0.25, -0.2) is 18.2 Å². The number of anilines is 1. The number of carboxylic acid groups (broad SMARTS) is 1. The molecule has 2 rings (SSSR count). The molecule has 0 aliphatic carbocycles. The molecule has 7 nitrogen and oxygen atoms in total. The number of carboxylic acids is 1. The summed E-state index contributed by atoms with van der Waals surface area (Å²) in [6.07, 6.45) is 1.25. The lowest BCUT2D eigenvalue weighted by Gasteiger charge is -2.02. The van der Waals surface area contributed by atoms with E-state index in [1.54, 1.807) is 5.38 Å². The number of nitrogens with zero attached hydrogens (tertiary/aromatic N) is 2. The smallest absolute Gasteiger partial charge is 0.352 e. The normalized spacial score (nSPS) is 11.8. The quantitative estimate of drug-likeness (QED) is 0.875. The van der Waals surface area contributed by atoms with Crippen molar-refractivity contribution in [1.29, 1.82) is 0 Å². The molecule has 21 heavy (non-hydrogen) atoms. The summed E-state index contributed by atoms with van der Waals surface area (Å²) >= 11 is 1.19. The minimum atomic E-state index is -3.85. The zero-order valence-corrected chi connectivity index (χ0v) is 13.3. The lowest BCUT2D eigenvalue weighted by molar-refractivity contribution is 0.0686. The topological polar surface area (TPSA) is 101 Å². The van der Waals surface area contributed by atoms with Gasteiger partial charge in [-0.15, -0.1) is 11.3 Å². The van der Waals surface area contributed by atoms with Crippen LogP contribution < -0.4 is 4.72 Å². The van der Waals surface area contributed by atoms with E-state index in [9.17, 15) is 13.2 Å². The van der Waals surface area contributed by atoms with Crippen LogP contribution in [0.25, 0.3) is 0 Å². The van der Waals surface area contributed by atoms with E-state index >= 15 is 0 Å². The van der Waals surface area contributed by atoms with Gasteiger partial charge in [-0.3, -0.25) is 4.72 Å². The van der Waals surface area contributed by atoms with Gasteiger partial charge in [-0.05, 0) is 12.0 Å². The minimum absolute atomic E-state index is 0.0996. The Hall–Kier alpha value is -1.87.